The summed E-state index contributed by atoms with van der Waals surface area (Å²) in [5.41, 5.74) is 1.46. The molecule has 0 unspecified atom stereocenters. The summed E-state index contributed by atoms with van der Waals surface area (Å²) in [5.74, 6) is -0.418. The molecule has 1 aliphatic rings. The molecular formula is C18H18ClNO5S2. The Labute approximate surface area is 163 Å². The number of sulfone groups is 2. The molecule has 1 amide bonds. The molecule has 0 N–H and O–H groups in total. The molecule has 2 aromatic carbocycles. The van der Waals surface area contributed by atoms with Crippen LogP contribution in [0.25, 0.3) is 0 Å². The minimum atomic E-state index is -3.48. The Morgan fingerprint density at radius 2 is 1.56 bits per heavy atom. The summed E-state index contributed by atoms with van der Waals surface area (Å²) in [6.45, 7) is 0.434. The van der Waals surface area contributed by atoms with Gasteiger partial charge in [0.25, 0.3) is 5.91 Å². The fourth-order valence-electron chi connectivity index (χ4n) is 3.06. The average molecular weight is 428 g/mol. The largest absolute Gasteiger partial charge is 0.308 e. The van der Waals surface area contributed by atoms with Gasteiger partial charge < -0.3 is 4.90 Å². The molecule has 0 aliphatic carbocycles. The summed E-state index contributed by atoms with van der Waals surface area (Å²) in [6, 6.07) is 8.68. The zero-order chi connectivity index (χ0) is 20.0. The Bertz CT molecular complexity index is 1140. The highest BCUT2D eigenvalue weighted by molar-refractivity contribution is 7.91. The summed E-state index contributed by atoms with van der Waals surface area (Å²) >= 11 is 6.15. The molecule has 0 aromatic heterocycles. The molecule has 0 bridgehead atoms. The van der Waals surface area contributed by atoms with Crippen molar-refractivity contribution >= 4 is 42.9 Å². The first-order valence-electron chi connectivity index (χ1n) is 8.13. The second-order valence-electron chi connectivity index (χ2n) is 6.54. The summed E-state index contributed by atoms with van der Waals surface area (Å²) in [7, 11) is -6.83. The van der Waals surface area contributed by atoms with Gasteiger partial charge in [-0.25, -0.2) is 16.8 Å². The lowest BCUT2D eigenvalue weighted by Crippen LogP contribution is -2.35. The van der Waals surface area contributed by atoms with E-state index in [1.807, 2.05) is 0 Å². The van der Waals surface area contributed by atoms with Gasteiger partial charge in [-0.15, -0.1) is 0 Å². The molecular weight excluding hydrogens is 410 g/mol. The maximum absolute atomic E-state index is 13.1. The van der Waals surface area contributed by atoms with Gasteiger partial charge in [0, 0.05) is 24.7 Å². The predicted octanol–water partition coefficient (Wildman–Crippen LogP) is 2.74. The zero-order valence-electron chi connectivity index (χ0n) is 14.8. The van der Waals surface area contributed by atoms with E-state index in [9.17, 15) is 21.6 Å². The highest BCUT2D eigenvalue weighted by Gasteiger charge is 2.27. The molecule has 3 rings (SSSR count). The topological polar surface area (TPSA) is 88.6 Å². The number of carbonyl (C=O) groups is 1. The van der Waals surface area contributed by atoms with Crippen LogP contribution in [0.1, 0.15) is 22.3 Å². The molecule has 9 heteroatoms. The summed E-state index contributed by atoms with van der Waals surface area (Å²) < 4.78 is 47.2. The Kier molecular flexibility index (Phi) is 5.09. The lowest BCUT2D eigenvalue weighted by atomic mass is 10.0. The van der Waals surface area contributed by atoms with Gasteiger partial charge in [-0.1, -0.05) is 11.6 Å². The van der Waals surface area contributed by atoms with Crippen molar-refractivity contribution in [3.8, 4) is 0 Å². The molecule has 0 fully saturated rings. The normalized spacial score (nSPS) is 14.7. The average Bonchev–Trinajstić information content (AvgIpc) is 2.58. The Hall–Kier alpha value is -1.90. The first-order valence-corrected chi connectivity index (χ1v) is 12.3. The number of aryl methyl sites for hydroxylation is 1. The van der Waals surface area contributed by atoms with Gasteiger partial charge in [-0.3, -0.25) is 4.79 Å². The summed E-state index contributed by atoms with van der Waals surface area (Å²) in [5, 5.41) is 0.160. The Morgan fingerprint density at radius 3 is 2.19 bits per heavy atom. The number of carbonyl (C=O) groups excluding carboxylic acids is 1. The minimum absolute atomic E-state index is 0.0138. The van der Waals surface area contributed by atoms with Crippen molar-refractivity contribution in [2.24, 2.45) is 0 Å². The number of anilines is 1. The molecule has 0 saturated carbocycles. The quantitative estimate of drug-likeness (QED) is 0.751. The summed E-state index contributed by atoms with van der Waals surface area (Å²) in [4.78, 5) is 14.8. The number of fused-ring (bicyclic) bond motifs is 1. The highest BCUT2D eigenvalue weighted by atomic mass is 35.5. The van der Waals surface area contributed by atoms with Crippen molar-refractivity contribution < 1.29 is 21.6 Å². The van der Waals surface area contributed by atoms with E-state index in [0.29, 0.717) is 25.1 Å². The first kappa shape index (κ1) is 19.9. The van der Waals surface area contributed by atoms with Crippen LogP contribution in [0.5, 0.6) is 0 Å². The van der Waals surface area contributed by atoms with Crippen molar-refractivity contribution in [2.75, 3.05) is 24.0 Å². The van der Waals surface area contributed by atoms with Gasteiger partial charge in [-0.2, -0.15) is 0 Å². The SMILES string of the molecule is CS(=O)(=O)c1ccc2c(c1)CCCN2C(=O)c1cc(S(C)(=O)=O)ccc1Cl. The molecule has 27 heavy (non-hydrogen) atoms. The van der Waals surface area contributed by atoms with Gasteiger partial charge in [0.2, 0.25) is 0 Å². The van der Waals surface area contributed by atoms with Crippen molar-refractivity contribution in [3.05, 3.63) is 52.5 Å². The van der Waals surface area contributed by atoms with Gasteiger partial charge >= 0.3 is 0 Å². The van der Waals surface area contributed by atoms with E-state index in [1.165, 1.54) is 29.2 Å². The maximum atomic E-state index is 13.1. The van der Waals surface area contributed by atoms with E-state index in [1.54, 1.807) is 12.1 Å². The standard InChI is InChI=1S/C18H18ClNO5S2/c1-26(22,23)13-6-8-17-12(10-13)4-3-9-20(17)18(21)15-11-14(27(2,24)25)5-7-16(15)19/h5-8,10-11H,3-4,9H2,1-2H3. The van der Waals surface area contributed by atoms with E-state index in [4.69, 9.17) is 11.6 Å². The van der Waals surface area contributed by atoms with E-state index >= 15 is 0 Å². The molecule has 1 aliphatic heterocycles. The Morgan fingerprint density at radius 1 is 0.963 bits per heavy atom. The van der Waals surface area contributed by atoms with E-state index < -0.39 is 25.6 Å². The fourth-order valence-corrected chi connectivity index (χ4v) is 4.58. The lowest BCUT2D eigenvalue weighted by molar-refractivity contribution is 0.0985. The van der Waals surface area contributed by atoms with Crippen LogP contribution in [0.2, 0.25) is 5.02 Å². The van der Waals surface area contributed by atoms with Crippen LogP contribution in [0.3, 0.4) is 0 Å². The van der Waals surface area contributed by atoms with Crippen molar-refractivity contribution in [1.82, 2.24) is 0 Å². The number of hydrogen-bond acceptors (Lipinski definition) is 5. The number of nitrogens with zero attached hydrogens (tertiary/aromatic N) is 1. The third-order valence-corrected chi connectivity index (χ3v) is 6.99. The van der Waals surface area contributed by atoms with Gasteiger partial charge in [0.1, 0.15) is 0 Å². The molecule has 6 nitrogen and oxygen atoms in total. The lowest BCUT2D eigenvalue weighted by Gasteiger charge is -2.30. The van der Waals surface area contributed by atoms with E-state index in [2.05, 4.69) is 0 Å². The van der Waals surface area contributed by atoms with Crippen LogP contribution >= 0.6 is 11.6 Å². The van der Waals surface area contributed by atoms with Crippen LogP contribution < -0.4 is 4.90 Å². The minimum Gasteiger partial charge on any atom is -0.308 e. The molecule has 1 heterocycles. The fraction of sp³-hybridized carbons (Fsp3) is 0.278. The smallest absolute Gasteiger partial charge is 0.259 e. The second kappa shape index (κ2) is 6.92. The number of hydrogen-bond donors (Lipinski definition) is 0. The third kappa shape index (κ3) is 4.02. The second-order valence-corrected chi connectivity index (χ2v) is 11.0. The number of halogens is 1. The predicted molar refractivity (Wildman–Crippen MR) is 104 cm³/mol. The first-order chi connectivity index (χ1) is 12.5. The van der Waals surface area contributed by atoms with Gasteiger partial charge in [-0.05, 0) is 54.8 Å². The number of rotatable bonds is 3. The van der Waals surface area contributed by atoms with Gasteiger partial charge in [0.15, 0.2) is 19.7 Å². The van der Waals surface area contributed by atoms with Crippen LogP contribution in [-0.2, 0) is 26.1 Å². The monoisotopic (exact) mass is 427 g/mol. The van der Waals surface area contributed by atoms with Crippen LogP contribution in [0, 0.1) is 0 Å². The molecule has 0 radical (unpaired) electrons. The van der Waals surface area contributed by atoms with Crippen LogP contribution in [0.4, 0.5) is 5.69 Å². The van der Waals surface area contributed by atoms with Crippen molar-refractivity contribution in [2.45, 2.75) is 22.6 Å². The van der Waals surface area contributed by atoms with E-state index in [0.717, 1.165) is 18.1 Å². The molecule has 0 spiro atoms. The van der Waals surface area contributed by atoms with Crippen LogP contribution in [0.15, 0.2) is 46.2 Å². The number of benzene rings is 2. The highest BCUT2D eigenvalue weighted by Crippen LogP contribution is 2.32. The van der Waals surface area contributed by atoms with Crippen molar-refractivity contribution in [3.63, 3.8) is 0 Å². The maximum Gasteiger partial charge on any atom is 0.259 e. The molecule has 0 saturated heterocycles. The third-order valence-electron chi connectivity index (χ3n) is 4.44. The zero-order valence-corrected chi connectivity index (χ0v) is 17.2. The summed E-state index contributed by atoms with van der Waals surface area (Å²) in [6.07, 6.45) is 3.51. The Balaban J connectivity index is 2.06. The molecule has 144 valence electrons. The van der Waals surface area contributed by atoms with Crippen LogP contribution in [-0.4, -0.2) is 41.8 Å². The number of amides is 1. The van der Waals surface area contributed by atoms with Gasteiger partial charge in [0.05, 0.1) is 20.4 Å². The van der Waals surface area contributed by atoms with Crippen molar-refractivity contribution in [1.29, 1.82) is 0 Å². The van der Waals surface area contributed by atoms with E-state index in [-0.39, 0.29) is 20.4 Å². The molecule has 2 aromatic rings. The molecule has 0 atom stereocenters.